The molecule has 1 atom stereocenters. The molecule has 0 aromatic heterocycles. The number of hydrogen-bond donors (Lipinski definition) is 1. The van der Waals surface area contributed by atoms with Gasteiger partial charge in [-0.15, -0.1) is 0 Å². The third-order valence-electron chi connectivity index (χ3n) is 5.33. The van der Waals surface area contributed by atoms with E-state index in [-0.39, 0.29) is 31.3 Å². The van der Waals surface area contributed by atoms with Crippen LogP contribution >= 0.6 is 15.9 Å². The summed E-state index contributed by atoms with van der Waals surface area (Å²) in [6.07, 6.45) is 1.62. The molecule has 9 heteroatoms. The van der Waals surface area contributed by atoms with Crippen molar-refractivity contribution in [2.75, 3.05) is 24.2 Å². The highest BCUT2D eigenvalue weighted by molar-refractivity contribution is 9.10. The minimum atomic E-state index is -3.52. The molecule has 7 nitrogen and oxygen atoms in total. The van der Waals surface area contributed by atoms with Crippen LogP contribution in [0.15, 0.2) is 46.9 Å². The van der Waals surface area contributed by atoms with Gasteiger partial charge in [-0.3, -0.25) is 13.9 Å². The number of nitrogens with zero attached hydrogens (tertiary/aromatic N) is 2. The predicted octanol–water partition coefficient (Wildman–Crippen LogP) is 3.78. The van der Waals surface area contributed by atoms with Crippen LogP contribution in [0.2, 0.25) is 0 Å². The summed E-state index contributed by atoms with van der Waals surface area (Å²) in [5, 5.41) is 2.59. The second-order valence-corrected chi connectivity index (χ2v) is 11.0. The molecule has 33 heavy (non-hydrogen) atoms. The van der Waals surface area contributed by atoms with Crippen LogP contribution in [0.1, 0.15) is 36.5 Å². The lowest BCUT2D eigenvalue weighted by molar-refractivity contribution is -0.140. The molecular formula is C24H32BrN3O4S. The number of benzene rings is 2. The molecule has 180 valence electrons. The number of amides is 2. The van der Waals surface area contributed by atoms with Crippen LogP contribution < -0.4 is 9.62 Å². The van der Waals surface area contributed by atoms with E-state index in [1.165, 1.54) is 22.5 Å². The summed E-state index contributed by atoms with van der Waals surface area (Å²) < 4.78 is 27.1. The lowest BCUT2D eigenvalue weighted by atomic mass is 10.1. The third kappa shape index (κ3) is 7.85. The molecule has 0 saturated heterocycles. The average molecular weight is 539 g/mol. The van der Waals surface area contributed by atoms with E-state index < -0.39 is 16.1 Å². The van der Waals surface area contributed by atoms with Crippen LogP contribution in [0.25, 0.3) is 0 Å². The summed E-state index contributed by atoms with van der Waals surface area (Å²) in [6.45, 7) is 5.98. The van der Waals surface area contributed by atoms with Crippen LogP contribution in [-0.4, -0.2) is 51.0 Å². The molecule has 0 bridgehead atoms. The fourth-order valence-electron chi connectivity index (χ4n) is 3.68. The van der Waals surface area contributed by atoms with E-state index >= 15 is 0 Å². The lowest BCUT2D eigenvalue weighted by Gasteiger charge is -2.29. The number of anilines is 1. The Labute approximate surface area is 205 Å². The number of sulfonamides is 1. The zero-order valence-corrected chi connectivity index (χ0v) is 22.2. The standard InChI is InChI=1S/C24H32BrN3O4S/c1-17-13-18(2)15-22(14-17)28(33(5,31)32)12-6-7-23(29)27(19(3)24(30)26-4)16-20-8-10-21(25)11-9-20/h8-11,13-15,19H,6-7,12,16H2,1-5H3,(H,26,30). The molecule has 2 aromatic carbocycles. The SMILES string of the molecule is CNC(=O)C(C)N(Cc1ccc(Br)cc1)C(=O)CCCN(c1cc(C)cc(C)c1)S(C)(=O)=O. The van der Waals surface area contributed by atoms with Gasteiger partial charge in [-0.2, -0.15) is 0 Å². The first-order valence-corrected chi connectivity index (χ1v) is 13.4. The first-order valence-electron chi connectivity index (χ1n) is 10.7. The molecule has 2 amide bonds. The molecular weight excluding hydrogens is 506 g/mol. The van der Waals surface area contributed by atoms with E-state index in [9.17, 15) is 18.0 Å². The largest absolute Gasteiger partial charge is 0.357 e. The molecule has 1 unspecified atom stereocenters. The zero-order chi connectivity index (χ0) is 24.8. The van der Waals surface area contributed by atoms with Crippen LogP contribution in [-0.2, 0) is 26.2 Å². The smallest absolute Gasteiger partial charge is 0.242 e. The monoisotopic (exact) mass is 537 g/mol. The van der Waals surface area contributed by atoms with E-state index in [0.29, 0.717) is 12.1 Å². The summed E-state index contributed by atoms with van der Waals surface area (Å²) >= 11 is 3.40. The molecule has 0 saturated carbocycles. The van der Waals surface area contributed by atoms with Crippen LogP contribution in [0.5, 0.6) is 0 Å². The minimum absolute atomic E-state index is 0.120. The fraction of sp³-hybridized carbons (Fsp3) is 0.417. The predicted molar refractivity (Wildman–Crippen MR) is 136 cm³/mol. The Kier molecular flexibility index (Phi) is 9.48. The summed E-state index contributed by atoms with van der Waals surface area (Å²) in [4.78, 5) is 26.9. The van der Waals surface area contributed by atoms with Gasteiger partial charge in [-0.05, 0) is 68.1 Å². The minimum Gasteiger partial charge on any atom is -0.357 e. The Morgan fingerprint density at radius 1 is 1.06 bits per heavy atom. The molecule has 2 rings (SSSR count). The maximum Gasteiger partial charge on any atom is 0.242 e. The van der Waals surface area contributed by atoms with Crippen LogP contribution in [0.3, 0.4) is 0 Å². The summed E-state index contributed by atoms with van der Waals surface area (Å²) in [7, 11) is -1.98. The molecule has 2 aromatic rings. The van der Waals surface area contributed by atoms with Gasteiger partial charge in [0.1, 0.15) is 6.04 Å². The number of halogens is 1. The molecule has 0 spiro atoms. The van der Waals surface area contributed by atoms with E-state index in [2.05, 4.69) is 21.2 Å². The summed E-state index contributed by atoms with van der Waals surface area (Å²) in [6, 6.07) is 12.5. The highest BCUT2D eigenvalue weighted by Gasteiger charge is 2.26. The Bertz CT molecular complexity index is 1070. The van der Waals surface area contributed by atoms with E-state index in [4.69, 9.17) is 0 Å². The van der Waals surface area contributed by atoms with Crippen LogP contribution in [0, 0.1) is 13.8 Å². The van der Waals surface area contributed by atoms with Crippen molar-refractivity contribution in [1.29, 1.82) is 0 Å². The normalized spacial score (nSPS) is 12.2. The fourth-order valence-corrected chi connectivity index (χ4v) is 4.89. The average Bonchev–Trinajstić information content (AvgIpc) is 2.73. The van der Waals surface area contributed by atoms with Crippen molar-refractivity contribution in [2.24, 2.45) is 0 Å². The zero-order valence-electron chi connectivity index (χ0n) is 19.8. The van der Waals surface area contributed by atoms with Crippen molar-refractivity contribution in [3.63, 3.8) is 0 Å². The number of carbonyl (C=O) groups is 2. The van der Waals surface area contributed by atoms with Gasteiger partial charge in [-0.25, -0.2) is 8.42 Å². The Morgan fingerprint density at radius 2 is 1.64 bits per heavy atom. The Balaban J connectivity index is 2.16. The second kappa shape index (κ2) is 11.7. The first kappa shape index (κ1) is 26.9. The summed E-state index contributed by atoms with van der Waals surface area (Å²) in [5.74, 6) is -0.462. The number of hydrogen-bond acceptors (Lipinski definition) is 4. The van der Waals surface area contributed by atoms with Gasteiger partial charge in [-0.1, -0.05) is 34.1 Å². The highest BCUT2D eigenvalue weighted by Crippen LogP contribution is 2.22. The first-order chi connectivity index (χ1) is 15.4. The van der Waals surface area contributed by atoms with E-state index in [1.807, 2.05) is 56.3 Å². The maximum atomic E-state index is 13.1. The second-order valence-electron chi connectivity index (χ2n) is 8.22. The molecule has 0 heterocycles. The van der Waals surface area contributed by atoms with Gasteiger partial charge in [0.05, 0.1) is 11.9 Å². The summed E-state index contributed by atoms with van der Waals surface area (Å²) in [5.41, 5.74) is 3.42. The highest BCUT2D eigenvalue weighted by atomic mass is 79.9. The van der Waals surface area contributed by atoms with Gasteiger partial charge in [0.2, 0.25) is 21.8 Å². The van der Waals surface area contributed by atoms with E-state index in [1.54, 1.807) is 6.92 Å². The third-order valence-corrected chi connectivity index (χ3v) is 7.05. The molecule has 0 radical (unpaired) electrons. The van der Waals surface area contributed by atoms with Gasteiger partial charge in [0.25, 0.3) is 0 Å². The van der Waals surface area contributed by atoms with E-state index in [0.717, 1.165) is 21.2 Å². The van der Waals surface area contributed by atoms with Gasteiger partial charge >= 0.3 is 0 Å². The number of carbonyl (C=O) groups excluding carboxylic acids is 2. The molecule has 1 N–H and O–H groups in total. The van der Waals surface area contributed by atoms with Crippen LogP contribution in [0.4, 0.5) is 5.69 Å². The van der Waals surface area contributed by atoms with Gasteiger partial charge in [0.15, 0.2) is 0 Å². The Morgan fingerprint density at radius 3 is 2.15 bits per heavy atom. The number of likely N-dealkylation sites (N-methyl/N-ethyl adjacent to an activating group) is 1. The quantitative estimate of drug-likeness (QED) is 0.499. The van der Waals surface area contributed by atoms with Crippen molar-refractivity contribution in [3.05, 3.63) is 63.6 Å². The molecule has 0 aliphatic rings. The van der Waals surface area contributed by atoms with Crippen molar-refractivity contribution in [3.8, 4) is 0 Å². The van der Waals surface area contributed by atoms with Gasteiger partial charge in [0, 0.05) is 31.0 Å². The topological polar surface area (TPSA) is 86.8 Å². The number of aryl methyl sites for hydroxylation is 2. The lowest BCUT2D eigenvalue weighted by Crippen LogP contribution is -2.46. The van der Waals surface area contributed by atoms with Crippen molar-refractivity contribution >= 4 is 43.5 Å². The van der Waals surface area contributed by atoms with Crippen molar-refractivity contribution in [2.45, 2.75) is 46.2 Å². The number of rotatable bonds is 10. The Hall–Kier alpha value is -2.39. The number of nitrogens with one attached hydrogen (secondary N) is 1. The maximum absolute atomic E-state index is 13.1. The van der Waals surface area contributed by atoms with Crippen molar-refractivity contribution < 1.29 is 18.0 Å². The molecule has 0 fully saturated rings. The van der Waals surface area contributed by atoms with Crippen molar-refractivity contribution in [1.82, 2.24) is 10.2 Å². The molecule has 0 aliphatic carbocycles. The molecule has 0 aliphatic heterocycles. The van der Waals surface area contributed by atoms with Gasteiger partial charge < -0.3 is 10.2 Å².